The minimum atomic E-state index is -1.55. The number of aliphatic carboxylic acids is 1. The van der Waals surface area contributed by atoms with Gasteiger partial charge in [0.25, 0.3) is 0 Å². The van der Waals surface area contributed by atoms with E-state index in [1.54, 1.807) is 18.2 Å². The predicted molar refractivity (Wildman–Crippen MR) is 153 cm³/mol. The van der Waals surface area contributed by atoms with Crippen LogP contribution in [0.25, 0.3) is 11.1 Å². The summed E-state index contributed by atoms with van der Waals surface area (Å²) < 4.78 is 26.0. The van der Waals surface area contributed by atoms with Crippen molar-refractivity contribution in [3.8, 4) is 28.7 Å². The van der Waals surface area contributed by atoms with Crippen LogP contribution in [0.3, 0.4) is 0 Å². The number of aliphatic hydroxyl groups excluding tert-OH is 1. The highest BCUT2D eigenvalue weighted by Crippen LogP contribution is 2.29. The fourth-order valence-electron chi connectivity index (χ4n) is 4.23. The van der Waals surface area contributed by atoms with Crippen LogP contribution in [0.2, 0.25) is 0 Å². The molecule has 41 heavy (non-hydrogen) atoms. The van der Waals surface area contributed by atoms with Crippen LogP contribution in [0.1, 0.15) is 34.7 Å². The van der Waals surface area contributed by atoms with E-state index in [1.165, 1.54) is 25.1 Å². The molecule has 210 valence electrons. The van der Waals surface area contributed by atoms with E-state index < -0.39 is 23.9 Å². The van der Waals surface area contributed by atoms with Crippen LogP contribution in [-0.4, -0.2) is 28.3 Å². The Kier molecular flexibility index (Phi) is 9.35. The lowest BCUT2D eigenvalue weighted by atomic mass is 9.97. The number of carboxylic acids is 1. The van der Waals surface area contributed by atoms with Crippen LogP contribution < -0.4 is 14.8 Å². The Balaban J connectivity index is 1.56. The van der Waals surface area contributed by atoms with Gasteiger partial charge in [-0.3, -0.25) is 10.1 Å². The average Bonchev–Trinajstić information content (AvgIpc) is 2.99. The molecule has 0 bridgehead atoms. The Morgan fingerprint density at radius 2 is 1.76 bits per heavy atom. The average molecular weight is 555 g/mol. The van der Waals surface area contributed by atoms with Crippen LogP contribution in [0.15, 0.2) is 84.9 Å². The molecule has 0 spiro atoms. The number of nitrogens with zero attached hydrogens (tertiary/aromatic N) is 1. The first-order valence-electron chi connectivity index (χ1n) is 13.0. The topological polar surface area (TPSA) is 112 Å². The normalized spacial score (nSPS) is 12.3. The summed E-state index contributed by atoms with van der Waals surface area (Å²) in [5, 5.41) is 31.1. The summed E-state index contributed by atoms with van der Waals surface area (Å²) in [5.41, 5.74) is 3.96. The summed E-state index contributed by atoms with van der Waals surface area (Å²) in [6.45, 7) is 3.29. The van der Waals surface area contributed by atoms with Gasteiger partial charge in [-0.05, 0) is 59.9 Å². The number of carbonyl (C=O) groups is 1. The molecular weight excluding hydrogens is 523 g/mol. The van der Waals surface area contributed by atoms with E-state index in [0.717, 1.165) is 22.3 Å². The van der Waals surface area contributed by atoms with E-state index >= 15 is 0 Å². The van der Waals surface area contributed by atoms with Crippen LogP contribution in [0.5, 0.6) is 11.5 Å². The van der Waals surface area contributed by atoms with Gasteiger partial charge in [-0.15, -0.1) is 0 Å². The van der Waals surface area contributed by atoms with E-state index in [1.807, 2.05) is 36.4 Å². The molecule has 1 atom stereocenters. The molecule has 7 nitrogen and oxygen atoms in total. The summed E-state index contributed by atoms with van der Waals surface area (Å²) in [6, 6.07) is 27.4. The molecule has 1 unspecified atom stereocenters. The number of ether oxygens (including phenoxy) is 2. The lowest BCUT2D eigenvalue weighted by Crippen LogP contribution is -2.52. The van der Waals surface area contributed by atoms with E-state index in [2.05, 4.69) is 30.4 Å². The molecule has 0 aliphatic carbocycles. The number of hydrogen-bond acceptors (Lipinski definition) is 6. The van der Waals surface area contributed by atoms with Gasteiger partial charge in [-0.2, -0.15) is 5.26 Å². The molecule has 0 aromatic heterocycles. The molecule has 8 heteroatoms. The zero-order chi connectivity index (χ0) is 29.4. The van der Waals surface area contributed by atoms with Gasteiger partial charge < -0.3 is 19.7 Å². The number of hydrogen-bond donors (Lipinski definition) is 3. The maximum absolute atomic E-state index is 13.8. The summed E-state index contributed by atoms with van der Waals surface area (Å²) in [5.74, 6) is -0.850. The first kappa shape index (κ1) is 29.3. The van der Waals surface area contributed by atoms with Gasteiger partial charge in [0.15, 0.2) is 0 Å². The number of nitrogens with one attached hydrogen (secondary N) is 1. The van der Waals surface area contributed by atoms with E-state index in [0.29, 0.717) is 29.2 Å². The minimum absolute atomic E-state index is 0.0415. The Morgan fingerprint density at radius 1 is 0.976 bits per heavy atom. The number of rotatable bonds is 12. The van der Waals surface area contributed by atoms with Gasteiger partial charge in [0.1, 0.15) is 42.1 Å². The molecule has 0 saturated carbocycles. The maximum atomic E-state index is 13.8. The largest absolute Gasteiger partial charge is 0.489 e. The highest BCUT2D eigenvalue weighted by Gasteiger charge is 2.32. The van der Waals surface area contributed by atoms with Crippen LogP contribution in [0.4, 0.5) is 4.39 Å². The summed E-state index contributed by atoms with van der Waals surface area (Å²) in [6.07, 6.45) is 0. The molecule has 0 radical (unpaired) electrons. The third kappa shape index (κ3) is 7.09. The lowest BCUT2D eigenvalue weighted by molar-refractivity contribution is -0.145. The van der Waals surface area contributed by atoms with Crippen molar-refractivity contribution in [2.45, 2.75) is 39.1 Å². The third-order valence-electron chi connectivity index (χ3n) is 6.97. The quantitative estimate of drug-likeness (QED) is 0.204. The zero-order valence-electron chi connectivity index (χ0n) is 22.9. The van der Waals surface area contributed by atoms with Crippen LogP contribution in [-0.2, 0) is 24.6 Å². The van der Waals surface area contributed by atoms with Gasteiger partial charge in [-0.25, -0.2) is 4.39 Å². The Morgan fingerprint density at radius 3 is 2.46 bits per heavy atom. The summed E-state index contributed by atoms with van der Waals surface area (Å²) in [4.78, 5) is 11.6. The molecular formula is C33H31FN2O5. The fraction of sp³-hybridized carbons (Fsp3) is 0.212. The first-order chi connectivity index (χ1) is 19.7. The van der Waals surface area contributed by atoms with Gasteiger partial charge >= 0.3 is 5.97 Å². The zero-order valence-corrected chi connectivity index (χ0v) is 22.9. The van der Waals surface area contributed by atoms with Crippen molar-refractivity contribution in [3.05, 3.63) is 119 Å². The standard InChI is InChI=1S/C33H31FN2O5/c1-22-26(9-6-10-29(22)24-7-4-3-5-8-24)20-40-28-13-12-25(18-36-33(2,21-37)32(38)39)31(16-28)41-19-23-11-14-30(34)27(15-23)17-35/h3-16,36-37H,18-21H2,1-2H3,(H,38,39). The van der Waals surface area contributed by atoms with E-state index in [4.69, 9.17) is 14.7 Å². The lowest BCUT2D eigenvalue weighted by Gasteiger charge is -2.24. The maximum Gasteiger partial charge on any atom is 0.326 e. The van der Waals surface area contributed by atoms with Gasteiger partial charge in [0, 0.05) is 18.2 Å². The number of nitriles is 1. The molecule has 0 aliphatic heterocycles. The van der Waals surface area contributed by atoms with E-state index in [-0.39, 0.29) is 18.7 Å². The second-order valence-corrected chi connectivity index (χ2v) is 9.88. The number of halogens is 1. The molecule has 0 fully saturated rings. The first-order valence-corrected chi connectivity index (χ1v) is 13.0. The summed E-state index contributed by atoms with van der Waals surface area (Å²) >= 11 is 0. The molecule has 0 heterocycles. The van der Waals surface area contributed by atoms with Crippen molar-refractivity contribution >= 4 is 5.97 Å². The molecule has 0 aliphatic rings. The number of aliphatic hydroxyl groups is 1. The SMILES string of the molecule is Cc1c(COc2ccc(CNC(C)(CO)C(=O)O)c(OCc3ccc(F)c(C#N)c3)c2)cccc1-c1ccccc1. The molecule has 4 rings (SSSR count). The highest BCUT2D eigenvalue weighted by molar-refractivity contribution is 5.78. The monoisotopic (exact) mass is 554 g/mol. The molecule has 0 saturated heterocycles. The van der Waals surface area contributed by atoms with Crippen molar-refractivity contribution < 1.29 is 28.9 Å². The van der Waals surface area contributed by atoms with Crippen molar-refractivity contribution in [1.29, 1.82) is 5.26 Å². The van der Waals surface area contributed by atoms with Gasteiger partial charge in [-0.1, -0.05) is 60.7 Å². The van der Waals surface area contributed by atoms with Crippen molar-refractivity contribution in [1.82, 2.24) is 5.32 Å². The molecule has 3 N–H and O–H groups in total. The second-order valence-electron chi connectivity index (χ2n) is 9.88. The second kappa shape index (κ2) is 13.1. The van der Waals surface area contributed by atoms with Crippen LogP contribution in [0, 0.1) is 24.1 Å². The van der Waals surface area contributed by atoms with Gasteiger partial charge in [0.2, 0.25) is 0 Å². The van der Waals surface area contributed by atoms with Gasteiger partial charge in [0.05, 0.1) is 12.2 Å². The Hall–Kier alpha value is -4.71. The Bertz CT molecular complexity index is 1570. The summed E-state index contributed by atoms with van der Waals surface area (Å²) in [7, 11) is 0. The molecule has 4 aromatic carbocycles. The molecule has 0 amide bonds. The predicted octanol–water partition coefficient (Wildman–Crippen LogP) is 5.76. The third-order valence-corrected chi connectivity index (χ3v) is 6.97. The highest BCUT2D eigenvalue weighted by atomic mass is 19.1. The van der Waals surface area contributed by atoms with Crippen LogP contribution >= 0.6 is 0 Å². The molecule has 4 aromatic rings. The number of carboxylic acid groups (broad SMARTS) is 1. The van der Waals surface area contributed by atoms with Crippen molar-refractivity contribution in [2.75, 3.05) is 6.61 Å². The smallest absolute Gasteiger partial charge is 0.326 e. The Labute approximate surface area is 238 Å². The van der Waals surface area contributed by atoms with Crippen molar-refractivity contribution in [3.63, 3.8) is 0 Å². The number of benzene rings is 4. The minimum Gasteiger partial charge on any atom is -0.489 e. The fourth-order valence-corrected chi connectivity index (χ4v) is 4.23. The van der Waals surface area contributed by atoms with Crippen molar-refractivity contribution in [2.24, 2.45) is 0 Å². The van der Waals surface area contributed by atoms with E-state index in [9.17, 15) is 19.4 Å².